The molecular formula is C17H27N. The lowest BCUT2D eigenvalue weighted by Crippen LogP contribution is -2.36. The highest BCUT2D eigenvalue weighted by Gasteiger charge is 2.25. The van der Waals surface area contributed by atoms with Crippen molar-refractivity contribution in [3.8, 4) is 0 Å². The van der Waals surface area contributed by atoms with E-state index in [2.05, 4.69) is 44.7 Å². The normalized spacial score (nSPS) is 11.5. The average Bonchev–Trinajstić information content (AvgIpc) is 2.43. The van der Waals surface area contributed by atoms with Gasteiger partial charge in [0, 0.05) is 5.54 Å². The molecule has 0 radical (unpaired) electrons. The third-order valence-corrected chi connectivity index (χ3v) is 3.65. The second-order valence-electron chi connectivity index (χ2n) is 5.19. The van der Waals surface area contributed by atoms with Crippen molar-refractivity contribution in [2.45, 2.75) is 57.9 Å². The van der Waals surface area contributed by atoms with Crippen LogP contribution in [0.25, 0.3) is 6.08 Å². The van der Waals surface area contributed by atoms with Crippen LogP contribution in [0.3, 0.4) is 0 Å². The first-order chi connectivity index (χ1) is 8.66. The van der Waals surface area contributed by atoms with E-state index in [4.69, 9.17) is 5.73 Å². The zero-order valence-electron chi connectivity index (χ0n) is 11.9. The van der Waals surface area contributed by atoms with Gasteiger partial charge < -0.3 is 5.73 Å². The van der Waals surface area contributed by atoms with Crippen molar-refractivity contribution in [2.75, 3.05) is 0 Å². The molecule has 0 aromatic heterocycles. The predicted molar refractivity (Wildman–Crippen MR) is 81.4 cm³/mol. The van der Waals surface area contributed by atoms with E-state index in [1.54, 1.807) is 0 Å². The standard InChI is InChI=1S/C17H27N/c1-4-7-12-17(18,13-8-5-2)16-11-9-10-15(6-3)14-16/h6,9-11,14H,3-5,7-8,12-13,18H2,1-2H3. The van der Waals surface area contributed by atoms with Crippen molar-refractivity contribution in [3.63, 3.8) is 0 Å². The summed E-state index contributed by atoms with van der Waals surface area (Å²) in [6.45, 7) is 8.28. The topological polar surface area (TPSA) is 26.0 Å². The van der Waals surface area contributed by atoms with Crippen LogP contribution in [0.2, 0.25) is 0 Å². The van der Waals surface area contributed by atoms with Gasteiger partial charge in [-0.3, -0.25) is 0 Å². The molecule has 0 unspecified atom stereocenters. The van der Waals surface area contributed by atoms with Crippen LogP contribution in [-0.4, -0.2) is 0 Å². The van der Waals surface area contributed by atoms with E-state index < -0.39 is 0 Å². The molecule has 0 saturated heterocycles. The van der Waals surface area contributed by atoms with Crippen LogP contribution in [0.5, 0.6) is 0 Å². The van der Waals surface area contributed by atoms with Gasteiger partial charge in [-0.2, -0.15) is 0 Å². The Kier molecular flexibility index (Phi) is 6.14. The molecule has 0 aliphatic rings. The highest BCUT2D eigenvalue weighted by atomic mass is 14.7. The number of benzene rings is 1. The molecule has 0 aliphatic heterocycles. The van der Waals surface area contributed by atoms with Crippen LogP contribution in [0.1, 0.15) is 63.5 Å². The van der Waals surface area contributed by atoms with Crippen molar-refractivity contribution in [2.24, 2.45) is 5.73 Å². The van der Waals surface area contributed by atoms with Gasteiger partial charge in [-0.05, 0) is 30.0 Å². The third-order valence-electron chi connectivity index (χ3n) is 3.65. The molecule has 18 heavy (non-hydrogen) atoms. The summed E-state index contributed by atoms with van der Waals surface area (Å²) in [6.07, 6.45) is 8.83. The average molecular weight is 245 g/mol. The molecule has 0 bridgehead atoms. The van der Waals surface area contributed by atoms with E-state index in [0.29, 0.717) is 0 Å². The summed E-state index contributed by atoms with van der Waals surface area (Å²) in [5.41, 5.74) is 8.95. The molecule has 0 saturated carbocycles. The molecular weight excluding hydrogens is 218 g/mol. The fourth-order valence-corrected chi connectivity index (χ4v) is 2.37. The molecule has 0 atom stereocenters. The Morgan fingerprint density at radius 1 is 1.17 bits per heavy atom. The molecule has 1 heteroatoms. The lowest BCUT2D eigenvalue weighted by atomic mass is 9.81. The van der Waals surface area contributed by atoms with Gasteiger partial charge in [0.15, 0.2) is 0 Å². The van der Waals surface area contributed by atoms with Crippen LogP contribution in [0.4, 0.5) is 0 Å². The van der Waals surface area contributed by atoms with Crippen LogP contribution >= 0.6 is 0 Å². The predicted octanol–water partition coefficient (Wildman–Crippen LogP) is 4.86. The molecule has 1 aromatic rings. The summed E-state index contributed by atoms with van der Waals surface area (Å²) in [4.78, 5) is 0. The Labute approximate surface area is 112 Å². The summed E-state index contributed by atoms with van der Waals surface area (Å²) in [5, 5.41) is 0. The van der Waals surface area contributed by atoms with E-state index in [0.717, 1.165) is 18.4 Å². The van der Waals surface area contributed by atoms with Crippen LogP contribution in [0, 0.1) is 0 Å². The molecule has 0 fully saturated rings. The van der Waals surface area contributed by atoms with Gasteiger partial charge in [0.1, 0.15) is 0 Å². The molecule has 0 spiro atoms. The lowest BCUT2D eigenvalue weighted by molar-refractivity contribution is 0.353. The maximum absolute atomic E-state index is 6.68. The van der Waals surface area contributed by atoms with Gasteiger partial charge in [0.25, 0.3) is 0 Å². The number of hydrogen-bond acceptors (Lipinski definition) is 1. The Morgan fingerprint density at radius 2 is 1.78 bits per heavy atom. The molecule has 100 valence electrons. The van der Waals surface area contributed by atoms with E-state index in [9.17, 15) is 0 Å². The van der Waals surface area contributed by atoms with Gasteiger partial charge in [-0.15, -0.1) is 0 Å². The summed E-state index contributed by atoms with van der Waals surface area (Å²) >= 11 is 0. The SMILES string of the molecule is C=Cc1cccc(C(N)(CCCC)CCCC)c1. The van der Waals surface area contributed by atoms with Crippen molar-refractivity contribution >= 4 is 6.08 Å². The monoisotopic (exact) mass is 245 g/mol. The largest absolute Gasteiger partial charge is 0.321 e. The Hall–Kier alpha value is -1.08. The highest BCUT2D eigenvalue weighted by Crippen LogP contribution is 2.30. The summed E-state index contributed by atoms with van der Waals surface area (Å²) < 4.78 is 0. The quantitative estimate of drug-likeness (QED) is 0.695. The first-order valence-electron chi connectivity index (χ1n) is 7.18. The molecule has 1 nitrogen and oxygen atoms in total. The van der Waals surface area contributed by atoms with Crippen molar-refractivity contribution in [1.29, 1.82) is 0 Å². The zero-order valence-corrected chi connectivity index (χ0v) is 11.9. The Morgan fingerprint density at radius 3 is 2.28 bits per heavy atom. The first-order valence-corrected chi connectivity index (χ1v) is 7.18. The van der Waals surface area contributed by atoms with Gasteiger partial charge in [0.05, 0.1) is 0 Å². The lowest BCUT2D eigenvalue weighted by Gasteiger charge is -2.30. The highest BCUT2D eigenvalue weighted by molar-refractivity contribution is 5.49. The second-order valence-corrected chi connectivity index (χ2v) is 5.19. The maximum Gasteiger partial charge on any atom is 0.0409 e. The molecule has 0 heterocycles. The van der Waals surface area contributed by atoms with Gasteiger partial charge >= 0.3 is 0 Å². The minimum Gasteiger partial charge on any atom is -0.321 e. The van der Waals surface area contributed by atoms with Gasteiger partial charge in [0.2, 0.25) is 0 Å². The number of rotatable bonds is 8. The van der Waals surface area contributed by atoms with Crippen LogP contribution in [0.15, 0.2) is 30.8 Å². The summed E-state index contributed by atoms with van der Waals surface area (Å²) in [5.74, 6) is 0. The van der Waals surface area contributed by atoms with E-state index in [-0.39, 0.29) is 5.54 Å². The van der Waals surface area contributed by atoms with Crippen molar-refractivity contribution in [3.05, 3.63) is 42.0 Å². The van der Waals surface area contributed by atoms with E-state index in [1.165, 1.54) is 31.2 Å². The third kappa shape index (κ3) is 3.99. The first kappa shape index (κ1) is 15.0. The minimum atomic E-state index is -0.162. The zero-order chi connectivity index (χ0) is 13.4. The van der Waals surface area contributed by atoms with E-state index >= 15 is 0 Å². The van der Waals surface area contributed by atoms with Crippen LogP contribution in [-0.2, 0) is 5.54 Å². The smallest absolute Gasteiger partial charge is 0.0409 e. The molecule has 2 N–H and O–H groups in total. The number of unbranched alkanes of at least 4 members (excludes halogenated alkanes) is 2. The summed E-state index contributed by atoms with van der Waals surface area (Å²) in [7, 11) is 0. The molecule has 0 aliphatic carbocycles. The van der Waals surface area contributed by atoms with Crippen molar-refractivity contribution in [1.82, 2.24) is 0 Å². The Bertz CT molecular complexity index is 360. The fraction of sp³-hybridized carbons (Fsp3) is 0.529. The molecule has 0 amide bonds. The molecule has 1 rings (SSSR count). The summed E-state index contributed by atoms with van der Waals surface area (Å²) in [6, 6.07) is 8.53. The number of nitrogens with two attached hydrogens (primary N) is 1. The van der Waals surface area contributed by atoms with E-state index in [1.807, 2.05) is 6.08 Å². The molecule has 1 aromatic carbocycles. The van der Waals surface area contributed by atoms with Crippen molar-refractivity contribution < 1.29 is 0 Å². The van der Waals surface area contributed by atoms with Gasteiger partial charge in [-0.1, -0.05) is 70.4 Å². The fourth-order valence-electron chi connectivity index (χ4n) is 2.37. The second kappa shape index (κ2) is 7.38. The Balaban J connectivity index is 2.95. The van der Waals surface area contributed by atoms with Crippen LogP contribution < -0.4 is 5.73 Å². The maximum atomic E-state index is 6.68. The number of hydrogen-bond donors (Lipinski definition) is 1. The van der Waals surface area contributed by atoms with Gasteiger partial charge in [-0.25, -0.2) is 0 Å². The minimum absolute atomic E-state index is 0.162.